The maximum atomic E-state index is 8.92. The molecule has 0 amide bonds. The van der Waals surface area contributed by atoms with Gasteiger partial charge in [-0.1, -0.05) is 50.2 Å². The van der Waals surface area contributed by atoms with Crippen LogP contribution < -0.4 is 0 Å². The van der Waals surface area contributed by atoms with E-state index in [0.717, 1.165) is 16.7 Å². The largest absolute Gasteiger partial charge is 0.508 e. The van der Waals surface area contributed by atoms with Gasteiger partial charge in [0.1, 0.15) is 5.75 Å². The standard InChI is InChI=1S/C8H7N.C7H8O.C2H6/c1-7-4-2-3-5-8(7)6-9;1-6-4-2-3-5-7(6)8;1-2/h2-5H,1H3;2-5,8H,1H3;1-2H3. The fourth-order valence-corrected chi connectivity index (χ4v) is 1.26. The quantitative estimate of drug-likeness (QED) is 0.748. The van der Waals surface area contributed by atoms with Gasteiger partial charge < -0.3 is 5.11 Å². The lowest BCUT2D eigenvalue weighted by molar-refractivity contribution is 0.471. The second kappa shape index (κ2) is 9.73. The molecule has 19 heavy (non-hydrogen) atoms. The molecule has 2 nitrogen and oxygen atoms in total. The van der Waals surface area contributed by atoms with Crippen molar-refractivity contribution in [1.29, 1.82) is 5.26 Å². The highest BCUT2D eigenvalue weighted by Gasteiger charge is 1.90. The van der Waals surface area contributed by atoms with Crippen LogP contribution in [0.3, 0.4) is 0 Å². The number of nitrogens with zero attached hydrogens (tertiary/aromatic N) is 1. The van der Waals surface area contributed by atoms with Gasteiger partial charge in [0.25, 0.3) is 0 Å². The Kier molecular flexibility index (Phi) is 8.57. The van der Waals surface area contributed by atoms with Crippen LogP contribution in [0.2, 0.25) is 0 Å². The molecule has 0 aliphatic rings. The van der Waals surface area contributed by atoms with Gasteiger partial charge in [-0.25, -0.2) is 0 Å². The highest BCUT2D eigenvalue weighted by atomic mass is 16.3. The summed E-state index contributed by atoms with van der Waals surface area (Å²) < 4.78 is 0. The Morgan fingerprint density at radius 2 is 1.32 bits per heavy atom. The first-order valence-electron chi connectivity index (χ1n) is 6.35. The molecule has 0 aromatic heterocycles. The van der Waals surface area contributed by atoms with Gasteiger partial charge >= 0.3 is 0 Å². The van der Waals surface area contributed by atoms with E-state index < -0.39 is 0 Å². The van der Waals surface area contributed by atoms with Crippen molar-refractivity contribution in [3.8, 4) is 11.8 Å². The topological polar surface area (TPSA) is 44.0 Å². The number of hydrogen-bond donors (Lipinski definition) is 1. The Balaban J connectivity index is 0.000000303. The second-order valence-electron chi connectivity index (χ2n) is 3.71. The maximum Gasteiger partial charge on any atom is 0.118 e. The van der Waals surface area contributed by atoms with Crippen LogP contribution in [0.4, 0.5) is 0 Å². The first-order valence-corrected chi connectivity index (χ1v) is 6.35. The molecule has 0 radical (unpaired) electrons. The lowest BCUT2D eigenvalue weighted by Crippen LogP contribution is -1.77. The van der Waals surface area contributed by atoms with Gasteiger partial charge in [0, 0.05) is 0 Å². The van der Waals surface area contributed by atoms with Crippen LogP contribution >= 0.6 is 0 Å². The van der Waals surface area contributed by atoms with E-state index in [9.17, 15) is 0 Å². The van der Waals surface area contributed by atoms with E-state index in [4.69, 9.17) is 10.4 Å². The summed E-state index contributed by atoms with van der Waals surface area (Å²) in [6.07, 6.45) is 0. The molecule has 100 valence electrons. The van der Waals surface area contributed by atoms with Gasteiger partial charge in [0.2, 0.25) is 0 Å². The number of aromatic hydroxyl groups is 1. The van der Waals surface area contributed by atoms with E-state index in [1.165, 1.54) is 0 Å². The molecule has 0 heterocycles. The molecule has 0 saturated carbocycles. The van der Waals surface area contributed by atoms with E-state index in [1.54, 1.807) is 6.07 Å². The Labute approximate surface area is 116 Å². The minimum atomic E-state index is 0.368. The third-order valence-electron chi connectivity index (χ3n) is 2.38. The molecule has 0 atom stereocenters. The minimum Gasteiger partial charge on any atom is -0.508 e. The molecule has 0 aliphatic carbocycles. The summed E-state index contributed by atoms with van der Waals surface area (Å²) in [7, 11) is 0. The van der Waals surface area contributed by atoms with E-state index in [0.29, 0.717) is 5.75 Å². The van der Waals surface area contributed by atoms with E-state index in [2.05, 4.69) is 6.07 Å². The number of hydrogen-bond acceptors (Lipinski definition) is 2. The zero-order valence-corrected chi connectivity index (χ0v) is 12.0. The van der Waals surface area contributed by atoms with Gasteiger partial charge in [-0.05, 0) is 37.1 Å². The van der Waals surface area contributed by atoms with Crippen LogP contribution in [0.15, 0.2) is 48.5 Å². The van der Waals surface area contributed by atoms with Crippen molar-refractivity contribution in [1.82, 2.24) is 0 Å². The highest BCUT2D eigenvalue weighted by Crippen LogP contribution is 2.12. The molecule has 0 unspecified atom stereocenters. The first-order chi connectivity index (χ1) is 9.15. The Morgan fingerprint density at radius 1 is 0.842 bits per heavy atom. The zero-order chi connectivity index (χ0) is 14.7. The molecule has 0 bridgehead atoms. The van der Waals surface area contributed by atoms with Crippen LogP contribution in [-0.4, -0.2) is 5.11 Å². The summed E-state index contributed by atoms with van der Waals surface area (Å²) >= 11 is 0. The fraction of sp³-hybridized carbons (Fsp3) is 0.235. The summed E-state index contributed by atoms with van der Waals surface area (Å²) in [5.41, 5.74) is 2.73. The summed E-state index contributed by atoms with van der Waals surface area (Å²) in [5.74, 6) is 0.368. The third kappa shape index (κ3) is 6.28. The van der Waals surface area contributed by atoms with Crippen LogP contribution in [0.5, 0.6) is 5.75 Å². The normalized spacial score (nSPS) is 8.16. The molecule has 0 aliphatic heterocycles. The van der Waals surface area contributed by atoms with Gasteiger partial charge in [0.15, 0.2) is 0 Å². The molecule has 2 aromatic rings. The molecule has 1 N–H and O–H groups in total. The van der Waals surface area contributed by atoms with Gasteiger partial charge in [-0.2, -0.15) is 5.26 Å². The SMILES string of the molecule is CC.Cc1ccccc1C#N.Cc1ccccc1O. The predicted molar refractivity (Wildman–Crippen MR) is 80.1 cm³/mol. The Bertz CT molecular complexity index is 506. The van der Waals surface area contributed by atoms with E-state index >= 15 is 0 Å². The summed E-state index contributed by atoms with van der Waals surface area (Å²) in [4.78, 5) is 0. The molecule has 2 rings (SSSR count). The van der Waals surface area contributed by atoms with Crippen LogP contribution in [0, 0.1) is 25.2 Å². The van der Waals surface area contributed by atoms with Crippen LogP contribution in [0.25, 0.3) is 0 Å². The highest BCUT2D eigenvalue weighted by molar-refractivity contribution is 5.35. The molecule has 2 aromatic carbocycles. The zero-order valence-electron chi connectivity index (χ0n) is 12.0. The number of phenols is 1. The summed E-state index contributed by atoms with van der Waals surface area (Å²) in [5, 5.41) is 17.4. The van der Waals surface area contributed by atoms with Crippen molar-refractivity contribution in [3.05, 3.63) is 65.2 Å². The number of phenolic OH excluding ortho intramolecular Hbond substituents is 1. The molecular formula is C17H21NO. The molecule has 0 saturated heterocycles. The minimum absolute atomic E-state index is 0.368. The molecule has 0 spiro atoms. The van der Waals surface area contributed by atoms with Crippen LogP contribution in [0.1, 0.15) is 30.5 Å². The molecule has 2 heteroatoms. The predicted octanol–water partition coefficient (Wildman–Crippen LogP) is 4.59. The van der Waals surface area contributed by atoms with Crippen molar-refractivity contribution >= 4 is 0 Å². The number of aryl methyl sites for hydroxylation is 2. The lowest BCUT2D eigenvalue weighted by Gasteiger charge is -1.92. The lowest BCUT2D eigenvalue weighted by atomic mass is 10.1. The van der Waals surface area contributed by atoms with E-state index in [1.807, 2.05) is 70.2 Å². The van der Waals surface area contributed by atoms with Gasteiger partial charge in [-0.3, -0.25) is 0 Å². The summed E-state index contributed by atoms with van der Waals surface area (Å²) in [6, 6.07) is 16.9. The number of benzene rings is 2. The first kappa shape index (κ1) is 16.7. The average molecular weight is 255 g/mol. The van der Waals surface area contributed by atoms with Gasteiger partial charge in [0.05, 0.1) is 11.6 Å². The maximum absolute atomic E-state index is 8.92. The Morgan fingerprint density at radius 3 is 1.63 bits per heavy atom. The smallest absolute Gasteiger partial charge is 0.118 e. The molecule has 0 fully saturated rings. The van der Waals surface area contributed by atoms with Crippen molar-refractivity contribution in [2.24, 2.45) is 0 Å². The third-order valence-corrected chi connectivity index (χ3v) is 2.38. The van der Waals surface area contributed by atoms with Crippen molar-refractivity contribution in [2.45, 2.75) is 27.7 Å². The van der Waals surface area contributed by atoms with Crippen molar-refractivity contribution < 1.29 is 5.11 Å². The number of para-hydroxylation sites is 1. The van der Waals surface area contributed by atoms with Crippen LogP contribution in [-0.2, 0) is 0 Å². The van der Waals surface area contributed by atoms with E-state index in [-0.39, 0.29) is 0 Å². The fourth-order valence-electron chi connectivity index (χ4n) is 1.26. The molecular weight excluding hydrogens is 234 g/mol. The monoisotopic (exact) mass is 255 g/mol. The van der Waals surface area contributed by atoms with Crippen molar-refractivity contribution in [3.63, 3.8) is 0 Å². The second-order valence-corrected chi connectivity index (χ2v) is 3.71. The number of nitriles is 1. The summed E-state index contributed by atoms with van der Waals surface area (Å²) in [6.45, 7) is 7.80. The average Bonchev–Trinajstić information content (AvgIpc) is 2.46. The van der Waals surface area contributed by atoms with Gasteiger partial charge in [-0.15, -0.1) is 0 Å². The number of rotatable bonds is 0. The Hall–Kier alpha value is -2.27. The van der Waals surface area contributed by atoms with Crippen molar-refractivity contribution in [2.75, 3.05) is 0 Å².